The van der Waals surface area contributed by atoms with Gasteiger partial charge in [0, 0.05) is 4.47 Å². The van der Waals surface area contributed by atoms with Crippen LogP contribution in [0.3, 0.4) is 0 Å². The first-order chi connectivity index (χ1) is 7.18. The molecule has 1 aromatic rings. The number of aliphatic hydroxyl groups is 1. The van der Waals surface area contributed by atoms with Gasteiger partial charge in [0.25, 0.3) is 0 Å². The molecule has 1 aromatic carbocycles. The normalized spacial score (nSPS) is 25.5. The molecular formula is C11H13BrFNO. The first-order valence-corrected chi connectivity index (χ1v) is 5.86. The second kappa shape index (κ2) is 4.49. The van der Waals surface area contributed by atoms with Gasteiger partial charge in [0.2, 0.25) is 0 Å². The fourth-order valence-electron chi connectivity index (χ4n) is 1.93. The maximum atomic E-state index is 13.5. The first-order valence-electron chi connectivity index (χ1n) is 5.07. The SMILES string of the molecule is OC1CCCC1Nc1c(F)cccc1Br. The van der Waals surface area contributed by atoms with Crippen molar-refractivity contribution in [3.63, 3.8) is 0 Å². The molecule has 0 amide bonds. The van der Waals surface area contributed by atoms with E-state index in [-0.39, 0.29) is 18.0 Å². The quantitative estimate of drug-likeness (QED) is 0.869. The smallest absolute Gasteiger partial charge is 0.147 e. The highest BCUT2D eigenvalue weighted by molar-refractivity contribution is 9.10. The predicted octanol–water partition coefficient (Wildman–Crippen LogP) is 2.91. The molecule has 0 bridgehead atoms. The predicted molar refractivity (Wildman–Crippen MR) is 61.4 cm³/mol. The van der Waals surface area contributed by atoms with E-state index in [2.05, 4.69) is 21.2 Å². The van der Waals surface area contributed by atoms with Gasteiger partial charge in [0.05, 0.1) is 17.8 Å². The Kier molecular flexibility index (Phi) is 3.26. The Bertz CT molecular complexity index is 338. The fourth-order valence-corrected chi connectivity index (χ4v) is 2.39. The minimum atomic E-state index is -0.364. The number of para-hydroxylation sites is 1. The van der Waals surface area contributed by atoms with Crippen molar-refractivity contribution in [2.24, 2.45) is 0 Å². The highest BCUT2D eigenvalue weighted by atomic mass is 79.9. The lowest BCUT2D eigenvalue weighted by molar-refractivity contribution is 0.171. The van der Waals surface area contributed by atoms with Gasteiger partial charge in [-0.15, -0.1) is 0 Å². The van der Waals surface area contributed by atoms with Gasteiger partial charge < -0.3 is 10.4 Å². The van der Waals surface area contributed by atoms with Crippen molar-refractivity contribution in [3.8, 4) is 0 Å². The summed E-state index contributed by atoms with van der Waals surface area (Å²) < 4.78 is 14.2. The molecule has 2 rings (SSSR count). The van der Waals surface area contributed by atoms with Crippen molar-refractivity contribution in [1.29, 1.82) is 0 Å². The molecule has 2 N–H and O–H groups in total. The van der Waals surface area contributed by atoms with Gasteiger partial charge in [-0.1, -0.05) is 6.07 Å². The molecule has 1 aliphatic rings. The van der Waals surface area contributed by atoms with Crippen LogP contribution in [0.4, 0.5) is 10.1 Å². The zero-order valence-electron chi connectivity index (χ0n) is 8.21. The molecule has 0 aromatic heterocycles. The second-order valence-corrected chi connectivity index (χ2v) is 4.70. The summed E-state index contributed by atoms with van der Waals surface area (Å²) in [5.74, 6) is -0.288. The van der Waals surface area contributed by atoms with Crippen LogP contribution >= 0.6 is 15.9 Å². The summed E-state index contributed by atoms with van der Waals surface area (Å²) >= 11 is 3.29. The third kappa shape index (κ3) is 2.32. The molecule has 1 fully saturated rings. The number of benzene rings is 1. The molecule has 0 aliphatic heterocycles. The number of hydrogen-bond acceptors (Lipinski definition) is 2. The lowest BCUT2D eigenvalue weighted by atomic mass is 10.2. The minimum absolute atomic E-state index is 0.0294. The van der Waals surface area contributed by atoms with Gasteiger partial charge in [-0.25, -0.2) is 4.39 Å². The second-order valence-electron chi connectivity index (χ2n) is 3.85. The number of halogens is 2. The average Bonchev–Trinajstić information content (AvgIpc) is 2.58. The van der Waals surface area contributed by atoms with Crippen LogP contribution in [0.5, 0.6) is 0 Å². The molecule has 1 aliphatic carbocycles. The van der Waals surface area contributed by atoms with Crippen molar-refractivity contribution >= 4 is 21.6 Å². The monoisotopic (exact) mass is 273 g/mol. The molecule has 2 unspecified atom stereocenters. The molecule has 2 nitrogen and oxygen atoms in total. The van der Waals surface area contributed by atoms with Gasteiger partial charge in [-0.3, -0.25) is 0 Å². The molecule has 15 heavy (non-hydrogen) atoms. The molecule has 0 heterocycles. The number of rotatable bonds is 2. The van der Waals surface area contributed by atoms with E-state index in [0.29, 0.717) is 10.2 Å². The van der Waals surface area contributed by atoms with Crippen LogP contribution in [-0.2, 0) is 0 Å². The van der Waals surface area contributed by atoms with Gasteiger partial charge in [0.1, 0.15) is 5.82 Å². The third-order valence-corrected chi connectivity index (χ3v) is 3.43. The largest absolute Gasteiger partial charge is 0.391 e. The molecule has 1 saturated carbocycles. The standard InChI is InChI=1S/C11H13BrFNO/c12-7-3-1-4-8(13)11(7)14-9-5-2-6-10(9)15/h1,3-4,9-10,14-15H,2,5-6H2. The average molecular weight is 274 g/mol. The van der Waals surface area contributed by atoms with E-state index in [1.54, 1.807) is 12.1 Å². The number of anilines is 1. The molecule has 2 atom stereocenters. The van der Waals surface area contributed by atoms with E-state index in [0.717, 1.165) is 19.3 Å². The van der Waals surface area contributed by atoms with E-state index in [9.17, 15) is 9.50 Å². The van der Waals surface area contributed by atoms with Crippen LogP contribution in [0.1, 0.15) is 19.3 Å². The van der Waals surface area contributed by atoms with Crippen LogP contribution in [0.2, 0.25) is 0 Å². The van der Waals surface area contributed by atoms with Crippen molar-refractivity contribution in [3.05, 3.63) is 28.5 Å². The molecule has 0 saturated heterocycles. The third-order valence-electron chi connectivity index (χ3n) is 2.77. The van der Waals surface area contributed by atoms with Crippen molar-refractivity contribution in [2.45, 2.75) is 31.4 Å². The van der Waals surface area contributed by atoms with E-state index in [4.69, 9.17) is 0 Å². The molecule has 4 heteroatoms. The van der Waals surface area contributed by atoms with Crippen molar-refractivity contribution in [2.75, 3.05) is 5.32 Å². The summed E-state index contributed by atoms with van der Waals surface area (Å²) in [5.41, 5.74) is 0.448. The molecule has 0 spiro atoms. The Morgan fingerprint density at radius 2 is 2.20 bits per heavy atom. The lowest BCUT2D eigenvalue weighted by Gasteiger charge is -2.19. The fraction of sp³-hybridized carbons (Fsp3) is 0.455. The van der Waals surface area contributed by atoms with Crippen LogP contribution in [-0.4, -0.2) is 17.3 Å². The molecule has 82 valence electrons. The van der Waals surface area contributed by atoms with E-state index >= 15 is 0 Å². The zero-order chi connectivity index (χ0) is 10.8. The van der Waals surface area contributed by atoms with Crippen LogP contribution in [0, 0.1) is 5.82 Å². The van der Waals surface area contributed by atoms with Gasteiger partial charge in [0.15, 0.2) is 0 Å². The minimum Gasteiger partial charge on any atom is -0.391 e. The van der Waals surface area contributed by atoms with Crippen molar-refractivity contribution < 1.29 is 9.50 Å². The van der Waals surface area contributed by atoms with Crippen LogP contribution in [0.15, 0.2) is 22.7 Å². The van der Waals surface area contributed by atoms with E-state index in [1.165, 1.54) is 6.07 Å². The summed E-state index contributed by atoms with van der Waals surface area (Å²) in [6.07, 6.45) is 2.31. The Morgan fingerprint density at radius 3 is 2.80 bits per heavy atom. The Labute approximate surface area is 96.6 Å². The van der Waals surface area contributed by atoms with Crippen LogP contribution in [0.25, 0.3) is 0 Å². The van der Waals surface area contributed by atoms with E-state index in [1.807, 2.05) is 0 Å². The summed E-state index contributed by atoms with van der Waals surface area (Å²) in [6.45, 7) is 0. The zero-order valence-corrected chi connectivity index (χ0v) is 9.80. The maximum Gasteiger partial charge on any atom is 0.147 e. The first kappa shape index (κ1) is 10.9. The van der Waals surface area contributed by atoms with Gasteiger partial charge in [-0.2, -0.15) is 0 Å². The summed E-state index contributed by atoms with van der Waals surface area (Å²) in [5, 5.41) is 12.7. The van der Waals surface area contributed by atoms with Gasteiger partial charge >= 0.3 is 0 Å². The summed E-state index contributed by atoms with van der Waals surface area (Å²) in [7, 11) is 0. The highest BCUT2D eigenvalue weighted by Crippen LogP contribution is 2.29. The highest BCUT2D eigenvalue weighted by Gasteiger charge is 2.26. The summed E-state index contributed by atoms with van der Waals surface area (Å²) in [4.78, 5) is 0. The molecular weight excluding hydrogens is 261 g/mol. The lowest BCUT2D eigenvalue weighted by Crippen LogP contribution is -2.28. The molecule has 0 radical (unpaired) electrons. The van der Waals surface area contributed by atoms with E-state index < -0.39 is 0 Å². The van der Waals surface area contributed by atoms with Gasteiger partial charge in [-0.05, 0) is 47.3 Å². The Hall–Kier alpha value is -0.610. The van der Waals surface area contributed by atoms with Crippen LogP contribution < -0.4 is 5.32 Å². The Morgan fingerprint density at radius 1 is 1.40 bits per heavy atom. The number of hydrogen-bond donors (Lipinski definition) is 2. The summed E-state index contributed by atoms with van der Waals surface area (Å²) in [6, 6.07) is 4.81. The number of aliphatic hydroxyl groups excluding tert-OH is 1. The maximum absolute atomic E-state index is 13.5. The number of nitrogens with one attached hydrogen (secondary N) is 1. The topological polar surface area (TPSA) is 32.3 Å². The Balaban J connectivity index is 2.16. The van der Waals surface area contributed by atoms with Crippen molar-refractivity contribution in [1.82, 2.24) is 0 Å².